The van der Waals surface area contributed by atoms with E-state index in [1.807, 2.05) is 6.92 Å². The highest BCUT2D eigenvalue weighted by molar-refractivity contribution is 5.00. The number of aromatic amines is 1. The van der Waals surface area contributed by atoms with Gasteiger partial charge in [0.25, 0.3) is 0 Å². The van der Waals surface area contributed by atoms with Crippen LogP contribution in [-0.4, -0.2) is 22.2 Å². The Kier molecular flexibility index (Phi) is 2.07. The number of nitrogens with one attached hydrogen (secondary N) is 2. The van der Waals surface area contributed by atoms with E-state index in [1.165, 1.54) is 0 Å². The van der Waals surface area contributed by atoms with Crippen LogP contribution in [0.3, 0.4) is 0 Å². The van der Waals surface area contributed by atoms with Crippen molar-refractivity contribution in [1.82, 2.24) is 15.3 Å². The molecule has 1 aromatic rings. The Morgan fingerprint density at radius 1 is 1.69 bits per heavy atom. The fourth-order valence-corrected chi connectivity index (χ4v) is 1.27. The Bertz CT molecular complexity index is 291. The lowest BCUT2D eigenvalue weighted by molar-refractivity contribution is 0.294. The van der Waals surface area contributed by atoms with Gasteiger partial charge in [0.1, 0.15) is 11.5 Å². The van der Waals surface area contributed by atoms with Crippen molar-refractivity contribution in [2.24, 2.45) is 0 Å². The fourth-order valence-electron chi connectivity index (χ4n) is 1.27. The van der Waals surface area contributed by atoms with Gasteiger partial charge in [-0.25, -0.2) is 9.37 Å². The third kappa shape index (κ3) is 2.28. The molecular weight excluding hydrogens is 169 g/mol. The molecule has 1 heterocycles. The number of rotatable bonds is 4. The second-order valence-corrected chi connectivity index (χ2v) is 3.77. The molecule has 0 unspecified atom stereocenters. The minimum atomic E-state index is -0.915. The Morgan fingerprint density at radius 2 is 2.46 bits per heavy atom. The zero-order valence-electron chi connectivity index (χ0n) is 7.73. The van der Waals surface area contributed by atoms with Gasteiger partial charge < -0.3 is 10.3 Å². The molecule has 1 aliphatic carbocycles. The minimum Gasteiger partial charge on any atom is -0.345 e. The summed E-state index contributed by atoms with van der Waals surface area (Å²) in [4.78, 5) is 7.20. The Morgan fingerprint density at radius 3 is 3.00 bits per heavy atom. The monoisotopic (exact) mass is 183 g/mol. The van der Waals surface area contributed by atoms with Crippen molar-refractivity contribution in [2.75, 3.05) is 6.54 Å². The van der Waals surface area contributed by atoms with Gasteiger partial charge in [-0.05, 0) is 19.8 Å². The normalized spacial score (nSPS) is 18.9. The smallest absolute Gasteiger partial charge is 0.123 e. The van der Waals surface area contributed by atoms with Crippen LogP contribution in [0.2, 0.25) is 0 Å². The minimum absolute atomic E-state index is 0.451. The Hall–Kier alpha value is -0.900. The van der Waals surface area contributed by atoms with Crippen LogP contribution in [0, 0.1) is 6.92 Å². The first-order valence-electron chi connectivity index (χ1n) is 4.58. The predicted molar refractivity (Wildman–Crippen MR) is 48.1 cm³/mol. The number of halogens is 1. The lowest BCUT2D eigenvalue weighted by Crippen LogP contribution is -2.24. The molecule has 0 aliphatic heterocycles. The van der Waals surface area contributed by atoms with E-state index >= 15 is 0 Å². The van der Waals surface area contributed by atoms with Crippen molar-refractivity contribution in [1.29, 1.82) is 0 Å². The second kappa shape index (κ2) is 3.10. The van der Waals surface area contributed by atoms with Crippen molar-refractivity contribution < 1.29 is 4.39 Å². The first kappa shape index (κ1) is 8.69. The lowest BCUT2D eigenvalue weighted by atomic mass is 10.4. The largest absolute Gasteiger partial charge is 0.345 e. The van der Waals surface area contributed by atoms with Crippen LogP contribution in [0.4, 0.5) is 4.39 Å². The van der Waals surface area contributed by atoms with E-state index in [0.717, 1.165) is 11.5 Å². The van der Waals surface area contributed by atoms with Gasteiger partial charge in [-0.1, -0.05) is 0 Å². The molecule has 0 radical (unpaired) electrons. The quantitative estimate of drug-likeness (QED) is 0.739. The molecule has 1 fully saturated rings. The maximum atomic E-state index is 13.1. The summed E-state index contributed by atoms with van der Waals surface area (Å²) in [6, 6.07) is 0. The molecular formula is C9H14FN3. The van der Waals surface area contributed by atoms with Gasteiger partial charge in [-0.15, -0.1) is 0 Å². The van der Waals surface area contributed by atoms with Crippen LogP contribution in [0.5, 0.6) is 0 Å². The van der Waals surface area contributed by atoms with Crippen molar-refractivity contribution >= 4 is 0 Å². The fraction of sp³-hybridized carbons (Fsp3) is 0.667. The highest BCUT2D eigenvalue weighted by atomic mass is 19.1. The number of hydrogen-bond acceptors (Lipinski definition) is 2. The van der Waals surface area contributed by atoms with Gasteiger partial charge in [0.15, 0.2) is 0 Å². The predicted octanol–water partition coefficient (Wildman–Crippen LogP) is 1.31. The SMILES string of the molecule is Cc1cnc(CNCC2(F)CC2)[nH]1. The van der Waals surface area contributed by atoms with Crippen LogP contribution in [0.25, 0.3) is 0 Å². The summed E-state index contributed by atoms with van der Waals surface area (Å²) in [6.07, 6.45) is 3.19. The summed E-state index contributed by atoms with van der Waals surface area (Å²) < 4.78 is 13.1. The van der Waals surface area contributed by atoms with Crippen LogP contribution in [0.1, 0.15) is 24.4 Å². The van der Waals surface area contributed by atoms with Crippen molar-refractivity contribution in [3.63, 3.8) is 0 Å². The molecule has 0 atom stereocenters. The molecule has 1 aliphatic rings. The third-order valence-corrected chi connectivity index (χ3v) is 2.28. The van der Waals surface area contributed by atoms with Crippen LogP contribution >= 0.6 is 0 Å². The molecule has 1 aromatic heterocycles. The number of nitrogens with zero attached hydrogens (tertiary/aromatic N) is 1. The molecule has 0 bridgehead atoms. The van der Waals surface area contributed by atoms with E-state index in [9.17, 15) is 4.39 Å². The number of alkyl halides is 1. The topological polar surface area (TPSA) is 40.7 Å². The summed E-state index contributed by atoms with van der Waals surface area (Å²) >= 11 is 0. The van der Waals surface area contributed by atoms with Gasteiger partial charge in [-0.2, -0.15) is 0 Å². The zero-order valence-corrected chi connectivity index (χ0v) is 7.73. The third-order valence-electron chi connectivity index (χ3n) is 2.28. The number of hydrogen-bond donors (Lipinski definition) is 2. The molecule has 0 spiro atoms. The van der Waals surface area contributed by atoms with Gasteiger partial charge in [-0.3, -0.25) is 0 Å². The first-order chi connectivity index (χ1) is 6.18. The molecule has 2 N–H and O–H groups in total. The lowest BCUT2D eigenvalue weighted by Gasteiger charge is -2.04. The summed E-state index contributed by atoms with van der Waals surface area (Å²) in [5.41, 5.74) is 0.125. The van der Waals surface area contributed by atoms with Gasteiger partial charge in [0, 0.05) is 18.4 Å². The molecule has 0 aromatic carbocycles. The van der Waals surface area contributed by atoms with E-state index in [4.69, 9.17) is 0 Å². The van der Waals surface area contributed by atoms with Crippen molar-refractivity contribution in [2.45, 2.75) is 32.0 Å². The number of imidazole rings is 1. The maximum absolute atomic E-state index is 13.1. The summed E-state index contributed by atoms with van der Waals surface area (Å²) in [6.45, 7) is 3.03. The summed E-state index contributed by atoms with van der Waals surface area (Å²) in [5.74, 6) is 0.877. The molecule has 4 heteroatoms. The van der Waals surface area contributed by atoms with Crippen molar-refractivity contribution in [3.05, 3.63) is 17.7 Å². The molecule has 2 rings (SSSR count). The zero-order chi connectivity index (χ0) is 9.31. The molecule has 72 valence electrons. The van der Waals surface area contributed by atoms with E-state index in [2.05, 4.69) is 15.3 Å². The molecule has 13 heavy (non-hydrogen) atoms. The highest BCUT2D eigenvalue weighted by Crippen LogP contribution is 2.38. The molecule has 0 amide bonds. The average Bonchev–Trinajstić information content (AvgIpc) is 2.65. The van der Waals surface area contributed by atoms with Gasteiger partial charge >= 0.3 is 0 Å². The second-order valence-electron chi connectivity index (χ2n) is 3.77. The molecule has 0 saturated heterocycles. The van der Waals surface area contributed by atoms with E-state index < -0.39 is 5.67 Å². The van der Waals surface area contributed by atoms with Crippen LogP contribution in [-0.2, 0) is 6.54 Å². The van der Waals surface area contributed by atoms with E-state index in [0.29, 0.717) is 25.9 Å². The maximum Gasteiger partial charge on any atom is 0.123 e. The van der Waals surface area contributed by atoms with E-state index in [-0.39, 0.29) is 0 Å². The number of H-pyrrole nitrogens is 1. The van der Waals surface area contributed by atoms with Gasteiger partial charge in [0.2, 0.25) is 0 Å². The average molecular weight is 183 g/mol. The van der Waals surface area contributed by atoms with E-state index in [1.54, 1.807) is 6.20 Å². The highest BCUT2D eigenvalue weighted by Gasteiger charge is 2.42. The molecule has 3 nitrogen and oxygen atoms in total. The van der Waals surface area contributed by atoms with Crippen LogP contribution < -0.4 is 5.32 Å². The standard InChI is InChI=1S/C9H14FN3/c1-7-4-12-8(13-7)5-11-6-9(10)2-3-9/h4,11H,2-3,5-6H2,1H3,(H,12,13). The summed E-state index contributed by atoms with van der Waals surface area (Å²) in [7, 11) is 0. The molecule has 1 saturated carbocycles. The summed E-state index contributed by atoms with van der Waals surface area (Å²) in [5, 5.41) is 3.05. The number of aromatic nitrogens is 2. The van der Waals surface area contributed by atoms with Gasteiger partial charge in [0.05, 0.1) is 6.54 Å². The number of aryl methyl sites for hydroxylation is 1. The Labute approximate surface area is 76.8 Å². The van der Waals surface area contributed by atoms with Crippen LogP contribution in [0.15, 0.2) is 6.20 Å². The van der Waals surface area contributed by atoms with Crippen molar-refractivity contribution in [3.8, 4) is 0 Å². The Balaban J connectivity index is 1.73. The first-order valence-corrected chi connectivity index (χ1v) is 4.58.